The highest BCUT2D eigenvalue weighted by Crippen LogP contribution is 2.26. The van der Waals surface area contributed by atoms with Crippen molar-refractivity contribution in [3.05, 3.63) is 18.2 Å². The minimum absolute atomic E-state index is 0.0618. The van der Waals surface area contributed by atoms with Crippen molar-refractivity contribution in [1.29, 1.82) is 0 Å². The molecule has 2 rings (SSSR count). The molecule has 1 fully saturated rings. The van der Waals surface area contributed by atoms with Crippen molar-refractivity contribution in [2.45, 2.75) is 41.5 Å². The van der Waals surface area contributed by atoms with Crippen molar-refractivity contribution >= 4 is 25.5 Å². The summed E-state index contributed by atoms with van der Waals surface area (Å²) in [6.07, 6.45) is 4.57. The van der Waals surface area contributed by atoms with Crippen LogP contribution in [-0.2, 0) is 19.9 Å². The molecular formula is C12H19N3O4S2. The Kier molecular flexibility index (Phi) is 4.57. The number of hydrazine groups is 1. The van der Waals surface area contributed by atoms with E-state index in [4.69, 9.17) is 5.84 Å². The van der Waals surface area contributed by atoms with Crippen molar-refractivity contribution in [3.8, 4) is 0 Å². The first-order chi connectivity index (χ1) is 9.74. The molecule has 0 unspecified atom stereocenters. The summed E-state index contributed by atoms with van der Waals surface area (Å²) in [5.41, 5.74) is 2.45. The van der Waals surface area contributed by atoms with E-state index in [2.05, 4.69) is 10.1 Å². The first kappa shape index (κ1) is 16.2. The molecule has 21 heavy (non-hydrogen) atoms. The Morgan fingerprint density at radius 2 is 1.76 bits per heavy atom. The molecule has 0 heterocycles. The summed E-state index contributed by atoms with van der Waals surface area (Å²) in [4.78, 5) is -0.215. The van der Waals surface area contributed by atoms with Crippen molar-refractivity contribution in [2.24, 2.45) is 5.84 Å². The third-order valence-electron chi connectivity index (χ3n) is 3.50. The number of anilines is 1. The number of hydrogen-bond acceptors (Lipinski definition) is 6. The van der Waals surface area contributed by atoms with Crippen LogP contribution in [0.5, 0.6) is 0 Å². The topological polar surface area (TPSA) is 118 Å². The zero-order valence-corrected chi connectivity index (χ0v) is 13.3. The third kappa shape index (κ3) is 3.73. The second kappa shape index (κ2) is 5.91. The predicted molar refractivity (Wildman–Crippen MR) is 79.9 cm³/mol. The van der Waals surface area contributed by atoms with Crippen LogP contribution in [0.3, 0.4) is 0 Å². The Morgan fingerprint density at radius 1 is 1.14 bits per heavy atom. The molecule has 7 nitrogen and oxygen atoms in total. The summed E-state index contributed by atoms with van der Waals surface area (Å²) in [6.45, 7) is 0. The highest BCUT2D eigenvalue weighted by Gasteiger charge is 2.26. The van der Waals surface area contributed by atoms with Gasteiger partial charge in [0.2, 0.25) is 10.0 Å². The molecule has 0 atom stereocenters. The van der Waals surface area contributed by atoms with Gasteiger partial charge >= 0.3 is 0 Å². The molecule has 0 saturated heterocycles. The molecule has 1 aromatic carbocycles. The highest BCUT2D eigenvalue weighted by molar-refractivity contribution is 7.91. The van der Waals surface area contributed by atoms with E-state index in [1.807, 2.05) is 0 Å². The summed E-state index contributed by atoms with van der Waals surface area (Å²) in [7, 11) is -7.32. The molecule has 0 bridgehead atoms. The van der Waals surface area contributed by atoms with E-state index in [-0.39, 0.29) is 21.5 Å². The maximum absolute atomic E-state index is 12.4. The van der Waals surface area contributed by atoms with Gasteiger partial charge in [-0.1, -0.05) is 12.8 Å². The van der Waals surface area contributed by atoms with Crippen LogP contribution in [0.2, 0.25) is 0 Å². The number of nitrogen functional groups attached to an aromatic ring is 1. The molecule has 0 spiro atoms. The zero-order valence-electron chi connectivity index (χ0n) is 11.7. The van der Waals surface area contributed by atoms with E-state index in [9.17, 15) is 16.8 Å². The SMILES string of the molecule is CS(=O)(=O)c1ccc(NN)c(S(=O)(=O)NC2CCCC2)c1. The molecule has 0 amide bonds. The lowest BCUT2D eigenvalue weighted by Gasteiger charge is -2.15. The fourth-order valence-corrected chi connectivity index (χ4v) is 4.62. The average molecular weight is 333 g/mol. The Labute approximate surface area is 124 Å². The lowest BCUT2D eigenvalue weighted by Crippen LogP contribution is -2.33. The molecule has 1 aliphatic rings. The fraction of sp³-hybridized carbons (Fsp3) is 0.500. The van der Waals surface area contributed by atoms with Gasteiger partial charge in [-0.3, -0.25) is 5.84 Å². The standard InChI is InChI=1S/C12H19N3O4S2/c1-20(16,17)10-6-7-11(14-13)12(8-10)21(18,19)15-9-4-2-3-5-9/h6-9,14-15H,2-5,13H2,1H3. The van der Waals surface area contributed by atoms with Crippen LogP contribution >= 0.6 is 0 Å². The molecule has 4 N–H and O–H groups in total. The summed E-state index contributed by atoms with van der Waals surface area (Å²) in [6, 6.07) is 3.68. The van der Waals surface area contributed by atoms with Crippen LogP contribution in [0.1, 0.15) is 25.7 Å². The van der Waals surface area contributed by atoms with Gasteiger partial charge in [-0.05, 0) is 31.0 Å². The molecule has 1 aliphatic carbocycles. The van der Waals surface area contributed by atoms with Crippen molar-refractivity contribution in [2.75, 3.05) is 11.7 Å². The summed E-state index contributed by atoms with van der Waals surface area (Å²) >= 11 is 0. The number of hydrogen-bond donors (Lipinski definition) is 3. The molecule has 0 radical (unpaired) electrons. The number of rotatable bonds is 5. The summed E-state index contributed by atoms with van der Waals surface area (Å²) < 4.78 is 50.7. The molecule has 118 valence electrons. The second-order valence-corrected chi connectivity index (χ2v) is 8.88. The van der Waals surface area contributed by atoms with Gasteiger partial charge in [-0.15, -0.1) is 0 Å². The monoisotopic (exact) mass is 333 g/mol. The van der Waals surface area contributed by atoms with E-state index < -0.39 is 19.9 Å². The van der Waals surface area contributed by atoms with E-state index in [0.717, 1.165) is 38.0 Å². The van der Waals surface area contributed by atoms with Crippen LogP contribution in [0, 0.1) is 0 Å². The van der Waals surface area contributed by atoms with Crippen molar-refractivity contribution in [3.63, 3.8) is 0 Å². The molecular weight excluding hydrogens is 314 g/mol. The van der Waals surface area contributed by atoms with Crippen LogP contribution in [0.4, 0.5) is 5.69 Å². The Morgan fingerprint density at radius 3 is 2.29 bits per heavy atom. The number of nitrogens with two attached hydrogens (primary N) is 1. The van der Waals surface area contributed by atoms with Gasteiger partial charge < -0.3 is 5.43 Å². The number of benzene rings is 1. The maximum atomic E-state index is 12.4. The molecule has 1 saturated carbocycles. The average Bonchev–Trinajstić information content (AvgIpc) is 2.89. The number of nitrogens with one attached hydrogen (secondary N) is 2. The smallest absolute Gasteiger partial charge is 0.242 e. The zero-order chi connectivity index (χ0) is 15.7. The van der Waals surface area contributed by atoms with E-state index in [1.165, 1.54) is 12.1 Å². The van der Waals surface area contributed by atoms with Crippen LogP contribution < -0.4 is 16.0 Å². The van der Waals surface area contributed by atoms with Gasteiger partial charge in [0.15, 0.2) is 9.84 Å². The molecule has 9 heteroatoms. The van der Waals surface area contributed by atoms with Gasteiger partial charge in [-0.2, -0.15) is 0 Å². The lowest BCUT2D eigenvalue weighted by molar-refractivity contribution is 0.552. The van der Waals surface area contributed by atoms with Crippen LogP contribution in [0.15, 0.2) is 28.0 Å². The second-order valence-electron chi connectivity index (χ2n) is 5.18. The van der Waals surface area contributed by atoms with Crippen LogP contribution in [-0.4, -0.2) is 29.1 Å². The normalized spacial score (nSPS) is 17.0. The summed E-state index contributed by atoms with van der Waals surface area (Å²) in [5.74, 6) is 5.32. The van der Waals surface area contributed by atoms with Crippen molar-refractivity contribution in [1.82, 2.24) is 4.72 Å². The first-order valence-corrected chi connectivity index (χ1v) is 9.94. The molecule has 1 aromatic rings. The fourth-order valence-electron chi connectivity index (χ4n) is 2.40. The first-order valence-electron chi connectivity index (χ1n) is 6.57. The quantitative estimate of drug-likeness (QED) is 0.536. The minimum Gasteiger partial charge on any atom is -0.323 e. The molecule has 0 aromatic heterocycles. The number of sulfonamides is 1. The van der Waals surface area contributed by atoms with Gasteiger partial charge in [0.1, 0.15) is 4.90 Å². The van der Waals surface area contributed by atoms with Gasteiger partial charge in [0.25, 0.3) is 0 Å². The maximum Gasteiger partial charge on any atom is 0.242 e. The predicted octanol–water partition coefficient (Wildman–Crippen LogP) is 0.597. The van der Waals surface area contributed by atoms with Gasteiger partial charge in [-0.25, -0.2) is 21.6 Å². The van der Waals surface area contributed by atoms with E-state index >= 15 is 0 Å². The lowest BCUT2D eigenvalue weighted by atomic mass is 10.3. The third-order valence-corrected chi connectivity index (χ3v) is 6.17. The molecule has 0 aliphatic heterocycles. The Balaban J connectivity index is 2.44. The largest absolute Gasteiger partial charge is 0.323 e. The summed E-state index contributed by atoms with van der Waals surface area (Å²) in [5, 5.41) is 0. The van der Waals surface area contributed by atoms with Crippen LogP contribution in [0.25, 0.3) is 0 Å². The Hall–Kier alpha value is -1.16. The van der Waals surface area contributed by atoms with Crippen molar-refractivity contribution < 1.29 is 16.8 Å². The Bertz CT molecular complexity index is 723. The van der Waals surface area contributed by atoms with E-state index in [1.54, 1.807) is 0 Å². The van der Waals surface area contributed by atoms with Gasteiger partial charge in [0, 0.05) is 12.3 Å². The minimum atomic E-state index is -3.83. The number of sulfone groups is 1. The highest BCUT2D eigenvalue weighted by atomic mass is 32.2. The van der Waals surface area contributed by atoms with E-state index in [0.29, 0.717) is 0 Å². The van der Waals surface area contributed by atoms with Gasteiger partial charge in [0.05, 0.1) is 10.6 Å².